The van der Waals surface area contributed by atoms with Gasteiger partial charge in [0.25, 0.3) is 0 Å². The molecule has 0 fully saturated rings. The molecule has 0 amide bonds. The molecule has 0 spiro atoms. The molecule has 0 aliphatic rings. The smallest absolute Gasteiger partial charge is 0.0451 e. The molecule has 1 aromatic rings. The average Bonchev–Trinajstić information content (AvgIpc) is 2.23. The van der Waals surface area contributed by atoms with Crippen molar-refractivity contribution in [1.82, 2.24) is 5.32 Å². The van der Waals surface area contributed by atoms with Crippen LogP contribution in [0.2, 0.25) is 10.0 Å². The van der Waals surface area contributed by atoms with Crippen molar-refractivity contribution in [2.45, 2.75) is 19.4 Å². The first-order valence-corrected chi connectivity index (χ1v) is 6.23. The number of hydrogen-bond acceptors (Lipinski definition) is 1. The minimum Gasteiger partial charge on any atom is -0.313 e. The highest BCUT2D eigenvalue weighted by atomic mass is 35.5. The lowest BCUT2D eigenvalue weighted by molar-refractivity contribution is 0.643. The lowest BCUT2D eigenvalue weighted by Gasteiger charge is -2.06. The fourth-order valence-electron chi connectivity index (χ4n) is 1.25. The van der Waals surface area contributed by atoms with Crippen LogP contribution in [-0.2, 0) is 6.54 Å². The van der Waals surface area contributed by atoms with Gasteiger partial charge in [0.2, 0.25) is 0 Å². The SMILES string of the molecule is ClCCCCNCc1cc(Cl)ccc1Cl. The van der Waals surface area contributed by atoms with E-state index in [1.807, 2.05) is 12.1 Å². The summed E-state index contributed by atoms with van der Waals surface area (Å²) in [4.78, 5) is 0. The molecule has 1 nitrogen and oxygen atoms in total. The summed E-state index contributed by atoms with van der Waals surface area (Å²) in [5.74, 6) is 0.722. The molecule has 0 atom stereocenters. The zero-order valence-electron chi connectivity index (χ0n) is 8.40. The van der Waals surface area contributed by atoms with E-state index in [0.29, 0.717) is 0 Å². The van der Waals surface area contributed by atoms with Gasteiger partial charge in [0.1, 0.15) is 0 Å². The minimum atomic E-state index is 0.719. The van der Waals surface area contributed by atoms with Crippen molar-refractivity contribution >= 4 is 34.8 Å². The van der Waals surface area contributed by atoms with Crippen molar-refractivity contribution in [1.29, 1.82) is 0 Å². The Kier molecular flexibility index (Phi) is 6.42. The normalized spacial score (nSPS) is 10.6. The highest BCUT2D eigenvalue weighted by Gasteiger charge is 2.00. The van der Waals surface area contributed by atoms with Gasteiger partial charge in [0.05, 0.1) is 0 Å². The fourth-order valence-corrected chi connectivity index (χ4v) is 1.81. The molecule has 0 aromatic heterocycles. The monoisotopic (exact) mass is 265 g/mol. The molecule has 0 saturated carbocycles. The Morgan fingerprint density at radius 3 is 2.67 bits per heavy atom. The minimum absolute atomic E-state index is 0.719. The highest BCUT2D eigenvalue weighted by Crippen LogP contribution is 2.20. The first-order valence-electron chi connectivity index (χ1n) is 4.94. The van der Waals surface area contributed by atoms with Gasteiger partial charge in [-0.1, -0.05) is 23.2 Å². The van der Waals surface area contributed by atoms with Crippen LogP contribution >= 0.6 is 34.8 Å². The molecule has 1 aromatic carbocycles. The largest absolute Gasteiger partial charge is 0.313 e. The van der Waals surface area contributed by atoms with Crippen LogP contribution in [0.15, 0.2) is 18.2 Å². The Morgan fingerprint density at radius 1 is 1.13 bits per heavy atom. The lowest BCUT2D eigenvalue weighted by Crippen LogP contribution is -2.15. The van der Waals surface area contributed by atoms with E-state index in [0.717, 1.165) is 47.4 Å². The molecule has 0 bridgehead atoms. The number of nitrogens with one attached hydrogen (secondary N) is 1. The topological polar surface area (TPSA) is 12.0 Å². The Hall–Kier alpha value is 0.0500. The summed E-state index contributed by atoms with van der Waals surface area (Å²) in [6, 6.07) is 5.50. The second kappa shape index (κ2) is 7.34. The van der Waals surface area contributed by atoms with Crippen LogP contribution in [0.3, 0.4) is 0 Å². The number of alkyl halides is 1. The molecule has 1 N–H and O–H groups in total. The van der Waals surface area contributed by atoms with Crippen LogP contribution in [0.1, 0.15) is 18.4 Å². The Bertz CT molecular complexity index is 302. The molecule has 0 heterocycles. The molecule has 0 aliphatic carbocycles. The molecule has 0 aliphatic heterocycles. The van der Waals surface area contributed by atoms with E-state index in [9.17, 15) is 0 Å². The third-order valence-corrected chi connectivity index (χ3v) is 2.93. The third-order valence-electron chi connectivity index (χ3n) is 2.06. The fraction of sp³-hybridized carbons (Fsp3) is 0.455. The summed E-state index contributed by atoms with van der Waals surface area (Å²) >= 11 is 17.5. The van der Waals surface area contributed by atoms with Gasteiger partial charge in [-0.25, -0.2) is 0 Å². The van der Waals surface area contributed by atoms with Gasteiger partial charge >= 0.3 is 0 Å². The van der Waals surface area contributed by atoms with Crippen molar-refractivity contribution < 1.29 is 0 Å². The van der Waals surface area contributed by atoms with Gasteiger partial charge in [-0.05, 0) is 43.1 Å². The number of unbranched alkanes of at least 4 members (excludes halogenated alkanes) is 1. The summed E-state index contributed by atoms with van der Waals surface area (Å²) < 4.78 is 0. The molecular weight excluding hydrogens is 252 g/mol. The number of halogens is 3. The van der Waals surface area contributed by atoms with E-state index < -0.39 is 0 Å². The van der Waals surface area contributed by atoms with Crippen LogP contribution in [0.5, 0.6) is 0 Å². The van der Waals surface area contributed by atoms with Gasteiger partial charge in [0, 0.05) is 22.5 Å². The summed E-state index contributed by atoms with van der Waals surface area (Å²) in [6.07, 6.45) is 2.12. The molecule has 4 heteroatoms. The van der Waals surface area contributed by atoms with E-state index in [1.54, 1.807) is 6.07 Å². The van der Waals surface area contributed by atoms with E-state index in [-0.39, 0.29) is 0 Å². The maximum absolute atomic E-state index is 6.02. The van der Waals surface area contributed by atoms with Gasteiger partial charge in [-0.2, -0.15) is 0 Å². The zero-order valence-corrected chi connectivity index (χ0v) is 10.7. The Morgan fingerprint density at radius 2 is 1.93 bits per heavy atom. The van der Waals surface area contributed by atoms with Crippen LogP contribution < -0.4 is 5.32 Å². The maximum atomic E-state index is 6.02. The van der Waals surface area contributed by atoms with Crippen molar-refractivity contribution in [3.63, 3.8) is 0 Å². The molecule has 0 saturated heterocycles. The molecule has 1 rings (SSSR count). The number of rotatable bonds is 6. The predicted molar refractivity (Wildman–Crippen MR) is 68.1 cm³/mol. The van der Waals surface area contributed by atoms with Crippen LogP contribution in [0.4, 0.5) is 0 Å². The van der Waals surface area contributed by atoms with E-state index in [2.05, 4.69) is 5.32 Å². The molecule has 15 heavy (non-hydrogen) atoms. The summed E-state index contributed by atoms with van der Waals surface area (Å²) in [5.41, 5.74) is 1.04. The zero-order chi connectivity index (χ0) is 11.1. The van der Waals surface area contributed by atoms with Crippen molar-refractivity contribution in [3.05, 3.63) is 33.8 Å². The van der Waals surface area contributed by atoms with Crippen molar-refractivity contribution in [3.8, 4) is 0 Å². The van der Waals surface area contributed by atoms with Crippen molar-refractivity contribution in [2.75, 3.05) is 12.4 Å². The first-order chi connectivity index (χ1) is 7.24. The van der Waals surface area contributed by atoms with E-state index >= 15 is 0 Å². The standard InChI is InChI=1S/C11H14Cl3N/c12-5-1-2-6-15-8-9-7-10(13)3-4-11(9)14/h3-4,7,15H,1-2,5-6,8H2. The summed E-state index contributed by atoms with van der Waals surface area (Å²) in [5, 5.41) is 4.78. The van der Waals surface area contributed by atoms with Gasteiger partial charge in [-0.15, -0.1) is 11.6 Å². The molecule has 0 unspecified atom stereocenters. The molecular formula is C11H14Cl3N. The van der Waals surface area contributed by atoms with Crippen LogP contribution in [0.25, 0.3) is 0 Å². The number of benzene rings is 1. The van der Waals surface area contributed by atoms with Crippen molar-refractivity contribution in [2.24, 2.45) is 0 Å². The quantitative estimate of drug-likeness (QED) is 0.604. The summed E-state index contributed by atoms with van der Waals surface area (Å²) in [6.45, 7) is 1.71. The lowest BCUT2D eigenvalue weighted by atomic mass is 10.2. The highest BCUT2D eigenvalue weighted by molar-refractivity contribution is 6.33. The molecule has 0 radical (unpaired) electrons. The maximum Gasteiger partial charge on any atom is 0.0451 e. The predicted octanol–water partition coefficient (Wildman–Crippen LogP) is 4.10. The summed E-state index contributed by atoms with van der Waals surface area (Å²) in [7, 11) is 0. The van der Waals surface area contributed by atoms with E-state index in [4.69, 9.17) is 34.8 Å². The Balaban J connectivity index is 2.33. The van der Waals surface area contributed by atoms with Gasteiger partial charge < -0.3 is 5.32 Å². The van der Waals surface area contributed by atoms with E-state index in [1.165, 1.54) is 0 Å². The van der Waals surface area contributed by atoms with Gasteiger partial charge in [-0.3, -0.25) is 0 Å². The second-order valence-corrected chi connectivity index (χ2v) is 4.53. The van der Waals surface area contributed by atoms with Crippen LogP contribution in [-0.4, -0.2) is 12.4 Å². The average molecular weight is 267 g/mol. The van der Waals surface area contributed by atoms with Crippen LogP contribution in [0, 0.1) is 0 Å². The van der Waals surface area contributed by atoms with Gasteiger partial charge in [0.15, 0.2) is 0 Å². The first kappa shape index (κ1) is 13.1. The third kappa shape index (κ3) is 5.07. The number of hydrogen-bond donors (Lipinski definition) is 1. The Labute approximate surface area is 106 Å². The molecule has 84 valence electrons. The second-order valence-electron chi connectivity index (χ2n) is 3.31.